The molecule has 0 aromatic carbocycles. The molecule has 116 valence electrons. The summed E-state index contributed by atoms with van der Waals surface area (Å²) < 4.78 is 0. The zero-order valence-electron chi connectivity index (χ0n) is 11.7. The molecule has 5 N–H and O–H groups in total. The number of aliphatic hydroxyl groups excluding tert-OH is 5. The number of nitrogens with zero attached hydrogens (tertiary/aromatic N) is 2. The van der Waals surface area contributed by atoms with Crippen LogP contribution in [0.4, 0.5) is 0 Å². The normalized spacial score (nSPS) is 13.3. The number of hydrogen-bond acceptors (Lipinski definition) is 7. The largest absolute Gasteiger partial charge is 0.400 e. The van der Waals surface area contributed by atoms with Gasteiger partial charge in [0.25, 0.3) is 0 Å². The first kappa shape index (κ1) is 18.9. The van der Waals surface area contributed by atoms with E-state index in [-0.39, 0.29) is 19.6 Å². The van der Waals surface area contributed by atoms with E-state index >= 15 is 0 Å². The van der Waals surface area contributed by atoms with Gasteiger partial charge in [0, 0.05) is 26.3 Å². The van der Waals surface area contributed by atoms with Gasteiger partial charge in [-0.25, -0.2) is 0 Å². The quantitative estimate of drug-likeness (QED) is 0.395. The number of aromatic nitrogens is 2. The van der Waals surface area contributed by atoms with Gasteiger partial charge in [0.1, 0.15) is 6.10 Å². The van der Waals surface area contributed by atoms with Gasteiger partial charge in [-0.1, -0.05) is 0 Å². The van der Waals surface area contributed by atoms with Gasteiger partial charge in [-0.3, -0.25) is 9.97 Å². The average molecular weight is 288 g/mol. The number of hydrogen-bond donors (Lipinski definition) is 5. The van der Waals surface area contributed by atoms with Crippen molar-refractivity contribution in [2.75, 3.05) is 20.3 Å². The molecule has 0 radical (unpaired) electrons. The van der Waals surface area contributed by atoms with Crippen LogP contribution in [0.3, 0.4) is 0 Å². The van der Waals surface area contributed by atoms with Gasteiger partial charge >= 0.3 is 0 Å². The van der Waals surface area contributed by atoms with E-state index in [1.54, 1.807) is 6.20 Å². The third-order valence-electron chi connectivity index (χ3n) is 2.61. The lowest BCUT2D eigenvalue weighted by Crippen LogP contribution is -2.17. The smallest absolute Gasteiger partial charge is 0.100 e. The molecule has 1 heterocycles. The highest BCUT2D eigenvalue weighted by molar-refractivity contribution is 5.05. The molecule has 7 nitrogen and oxygen atoms in total. The molecule has 1 rings (SSSR count). The summed E-state index contributed by atoms with van der Waals surface area (Å²) in [5.74, 6) is 0. The molecule has 0 saturated heterocycles. The Kier molecular flexibility index (Phi) is 11.0. The van der Waals surface area contributed by atoms with Gasteiger partial charge in [0.2, 0.25) is 0 Å². The van der Waals surface area contributed by atoms with Crippen LogP contribution < -0.4 is 0 Å². The number of aryl methyl sites for hydroxylation is 1. The van der Waals surface area contributed by atoms with Crippen LogP contribution in [-0.4, -0.2) is 61.9 Å². The van der Waals surface area contributed by atoms with E-state index in [9.17, 15) is 10.2 Å². The number of unbranched alkanes of at least 4 members (excludes halogenated alkanes) is 1. The molecule has 2 unspecified atom stereocenters. The summed E-state index contributed by atoms with van der Waals surface area (Å²) in [6.45, 7) is -0.215. The highest BCUT2D eigenvalue weighted by Gasteiger charge is 2.14. The third-order valence-corrected chi connectivity index (χ3v) is 2.61. The SMILES string of the molecule is CO.OCCCCc1cnc(C(O)CC(O)CO)cn1. The summed E-state index contributed by atoms with van der Waals surface area (Å²) in [6, 6.07) is 0. The van der Waals surface area contributed by atoms with Crippen molar-refractivity contribution in [2.45, 2.75) is 37.9 Å². The lowest BCUT2D eigenvalue weighted by molar-refractivity contribution is 0.0397. The Hall–Kier alpha value is -1.12. The minimum Gasteiger partial charge on any atom is -0.400 e. The fourth-order valence-corrected chi connectivity index (χ4v) is 1.54. The first-order valence-electron chi connectivity index (χ1n) is 6.50. The maximum absolute atomic E-state index is 9.72. The van der Waals surface area contributed by atoms with Crippen LogP contribution in [0.5, 0.6) is 0 Å². The van der Waals surface area contributed by atoms with E-state index in [2.05, 4.69) is 9.97 Å². The van der Waals surface area contributed by atoms with Gasteiger partial charge in [-0.2, -0.15) is 0 Å². The maximum Gasteiger partial charge on any atom is 0.100 e. The minimum atomic E-state index is -0.953. The van der Waals surface area contributed by atoms with E-state index in [1.807, 2.05) is 0 Å². The summed E-state index contributed by atoms with van der Waals surface area (Å²) in [5, 5.41) is 43.3. The van der Waals surface area contributed by atoms with Crippen LogP contribution in [0.25, 0.3) is 0 Å². The van der Waals surface area contributed by atoms with Crippen molar-refractivity contribution in [2.24, 2.45) is 0 Å². The molecule has 1 aromatic rings. The Labute approximate surface area is 118 Å². The Morgan fingerprint density at radius 2 is 1.75 bits per heavy atom. The fraction of sp³-hybridized carbons (Fsp3) is 0.692. The topological polar surface area (TPSA) is 127 Å². The Bertz CT molecular complexity index is 334. The van der Waals surface area contributed by atoms with Crippen molar-refractivity contribution in [3.8, 4) is 0 Å². The second-order valence-corrected chi connectivity index (χ2v) is 4.20. The second kappa shape index (κ2) is 11.7. The molecule has 0 bridgehead atoms. The first-order chi connectivity index (χ1) is 9.67. The summed E-state index contributed by atoms with van der Waals surface area (Å²) in [6.07, 6.45) is 3.53. The third kappa shape index (κ3) is 7.46. The highest BCUT2D eigenvalue weighted by Crippen LogP contribution is 2.15. The summed E-state index contributed by atoms with van der Waals surface area (Å²) in [5.41, 5.74) is 1.19. The molecule has 2 atom stereocenters. The van der Waals surface area contributed by atoms with E-state index < -0.39 is 12.2 Å². The lowest BCUT2D eigenvalue weighted by atomic mass is 10.1. The lowest BCUT2D eigenvalue weighted by Gasteiger charge is -2.13. The highest BCUT2D eigenvalue weighted by atomic mass is 16.3. The molecule has 0 aliphatic carbocycles. The standard InChI is InChI=1S/C12H20N2O4.CH4O/c15-4-2-1-3-9-6-14-11(7-13-9)12(18)5-10(17)8-16;1-2/h6-7,10,12,15-18H,1-5,8H2;2H,1H3. The molecule has 0 saturated carbocycles. The van der Waals surface area contributed by atoms with Crippen molar-refractivity contribution in [1.29, 1.82) is 0 Å². The van der Waals surface area contributed by atoms with Gasteiger partial charge in [0.15, 0.2) is 0 Å². The minimum absolute atomic E-state index is 0.0367. The number of rotatable bonds is 8. The van der Waals surface area contributed by atoms with Crippen LogP contribution in [0.1, 0.15) is 36.8 Å². The van der Waals surface area contributed by atoms with Crippen LogP contribution in [-0.2, 0) is 6.42 Å². The zero-order valence-corrected chi connectivity index (χ0v) is 11.7. The average Bonchev–Trinajstić information content (AvgIpc) is 2.50. The van der Waals surface area contributed by atoms with Crippen LogP contribution >= 0.6 is 0 Å². The van der Waals surface area contributed by atoms with Crippen LogP contribution in [0.15, 0.2) is 12.4 Å². The zero-order chi connectivity index (χ0) is 15.4. The van der Waals surface area contributed by atoms with E-state index in [0.717, 1.165) is 32.1 Å². The molecule has 0 amide bonds. The molecule has 20 heavy (non-hydrogen) atoms. The summed E-state index contributed by atoms with van der Waals surface area (Å²) in [7, 11) is 1.00. The molecule has 0 aliphatic heterocycles. The van der Waals surface area contributed by atoms with Crippen molar-refractivity contribution in [3.05, 3.63) is 23.8 Å². The van der Waals surface area contributed by atoms with Crippen molar-refractivity contribution >= 4 is 0 Å². The first-order valence-corrected chi connectivity index (χ1v) is 6.50. The molecule has 1 aromatic heterocycles. The van der Waals surface area contributed by atoms with Crippen LogP contribution in [0.2, 0.25) is 0 Å². The fourth-order valence-electron chi connectivity index (χ4n) is 1.54. The predicted octanol–water partition coefficient (Wildman–Crippen LogP) is -0.823. The number of aliphatic hydroxyl groups is 5. The Balaban J connectivity index is 0.00000172. The van der Waals surface area contributed by atoms with E-state index in [4.69, 9.17) is 15.3 Å². The molecule has 0 fully saturated rings. The molecule has 7 heteroatoms. The van der Waals surface area contributed by atoms with Crippen molar-refractivity contribution in [1.82, 2.24) is 9.97 Å². The van der Waals surface area contributed by atoms with Gasteiger partial charge in [-0.15, -0.1) is 0 Å². The van der Waals surface area contributed by atoms with Gasteiger partial charge < -0.3 is 25.5 Å². The maximum atomic E-state index is 9.72. The Morgan fingerprint density at radius 3 is 2.25 bits per heavy atom. The molecule has 0 spiro atoms. The summed E-state index contributed by atoms with van der Waals surface area (Å²) >= 11 is 0. The predicted molar refractivity (Wildman–Crippen MR) is 72.9 cm³/mol. The van der Waals surface area contributed by atoms with Gasteiger partial charge in [0.05, 0.1) is 30.3 Å². The monoisotopic (exact) mass is 288 g/mol. The molecular weight excluding hydrogens is 264 g/mol. The molecule has 0 aliphatic rings. The second-order valence-electron chi connectivity index (χ2n) is 4.20. The Morgan fingerprint density at radius 1 is 1.05 bits per heavy atom. The van der Waals surface area contributed by atoms with E-state index in [1.165, 1.54) is 6.20 Å². The van der Waals surface area contributed by atoms with Gasteiger partial charge in [-0.05, 0) is 19.3 Å². The van der Waals surface area contributed by atoms with Crippen LogP contribution in [0, 0.1) is 0 Å². The van der Waals surface area contributed by atoms with E-state index in [0.29, 0.717) is 5.69 Å². The van der Waals surface area contributed by atoms with Crippen molar-refractivity contribution in [3.63, 3.8) is 0 Å². The van der Waals surface area contributed by atoms with Crippen molar-refractivity contribution < 1.29 is 25.5 Å². The molecular formula is C13H24N2O5. The summed E-state index contributed by atoms with van der Waals surface area (Å²) in [4.78, 5) is 8.23.